The number of carbonyl (C=O) groups excluding carboxylic acids is 3. The number of urea groups is 1. The molecule has 4 atom stereocenters. The van der Waals surface area contributed by atoms with Crippen LogP contribution in [0.25, 0.3) is 0 Å². The average molecular weight is 515 g/mol. The quantitative estimate of drug-likeness (QED) is 0.105. The maximum absolute atomic E-state index is 13.3. The van der Waals surface area contributed by atoms with Crippen LogP contribution >= 0.6 is 0 Å². The smallest absolute Gasteiger partial charge is 0.347 e. The molecule has 5 heterocycles. The molecule has 1 unspecified atom stereocenters. The number of likely N-dealkylation sites (N-methyl/N-ethyl adjacent to an activating group) is 1. The van der Waals surface area contributed by atoms with Crippen molar-refractivity contribution in [2.75, 3.05) is 38.5 Å². The highest BCUT2D eigenvalue weighted by molar-refractivity contribution is 6.02. The van der Waals surface area contributed by atoms with E-state index >= 15 is 0 Å². The fourth-order valence-corrected chi connectivity index (χ4v) is 6.20. The number of carbonyl (C=O) groups is 3. The molecule has 2 saturated heterocycles. The summed E-state index contributed by atoms with van der Waals surface area (Å²) in [6.07, 6.45) is 0.795. The van der Waals surface area contributed by atoms with Crippen molar-refractivity contribution < 1.29 is 34.2 Å². The Bertz CT molecular complexity index is 1290. The lowest BCUT2D eigenvalue weighted by Gasteiger charge is -2.41. The van der Waals surface area contributed by atoms with E-state index in [1.54, 1.807) is 12.1 Å². The minimum absolute atomic E-state index is 0.0529. The van der Waals surface area contributed by atoms with Crippen LogP contribution in [0.15, 0.2) is 18.2 Å². The van der Waals surface area contributed by atoms with Gasteiger partial charge >= 0.3 is 18.0 Å². The van der Waals surface area contributed by atoms with Crippen molar-refractivity contribution in [3.05, 3.63) is 29.3 Å². The van der Waals surface area contributed by atoms with Crippen molar-refractivity contribution in [3.8, 4) is 0 Å². The molecule has 15 nitrogen and oxygen atoms in total. The van der Waals surface area contributed by atoms with Gasteiger partial charge in [0.2, 0.25) is 5.91 Å². The average Bonchev–Trinajstić information content (AvgIpc) is 3.57. The summed E-state index contributed by atoms with van der Waals surface area (Å²) < 4.78 is 1.50. The fraction of sp³-hybridized carbons (Fsp3) is 0.500. The molecule has 6 rings (SSSR count). The lowest BCUT2D eigenvalue weighted by molar-refractivity contribution is -0.674. The first-order valence-electron chi connectivity index (χ1n) is 12.0. The Hall–Kier alpha value is -4.11. The highest BCUT2D eigenvalue weighted by Gasteiger charge is 2.78. The number of amides is 4. The van der Waals surface area contributed by atoms with Gasteiger partial charge in [0.1, 0.15) is 18.6 Å². The molecule has 0 bridgehead atoms. The van der Waals surface area contributed by atoms with Crippen LogP contribution in [0.2, 0.25) is 0 Å². The monoisotopic (exact) mass is 514 g/mol. The summed E-state index contributed by atoms with van der Waals surface area (Å²) in [7, 11) is 1.52. The van der Waals surface area contributed by atoms with Crippen LogP contribution in [-0.4, -0.2) is 117 Å². The summed E-state index contributed by atoms with van der Waals surface area (Å²) in [5.41, 5.74) is 12.9. The van der Waals surface area contributed by atoms with E-state index in [0.29, 0.717) is 12.1 Å². The Morgan fingerprint density at radius 3 is 2.84 bits per heavy atom. The van der Waals surface area contributed by atoms with Crippen molar-refractivity contribution in [1.82, 2.24) is 25.8 Å². The highest BCUT2D eigenvalue weighted by Crippen LogP contribution is 2.38. The number of nitrogens with two attached hydrogens (primary N) is 2. The number of fused-ring (bicyclic) bond motifs is 1. The Morgan fingerprint density at radius 1 is 1.32 bits per heavy atom. The van der Waals surface area contributed by atoms with Crippen molar-refractivity contribution >= 4 is 35.5 Å². The van der Waals surface area contributed by atoms with Gasteiger partial charge in [0.05, 0.1) is 24.3 Å². The number of hydrogen-bond donors (Lipinski definition) is 9. The molecule has 0 saturated carbocycles. The number of nitrogens with zero attached hydrogens (tertiary/aromatic N) is 3. The first kappa shape index (κ1) is 23.3. The zero-order valence-corrected chi connectivity index (χ0v) is 20.1. The number of anilines is 1. The highest BCUT2D eigenvalue weighted by atomic mass is 16.5. The van der Waals surface area contributed by atoms with Gasteiger partial charge in [-0.25, -0.2) is 14.7 Å². The van der Waals surface area contributed by atoms with Gasteiger partial charge in [0.15, 0.2) is 6.04 Å². The maximum Gasteiger partial charge on any atom is 0.347 e. The molecular weight excluding hydrogens is 484 g/mol. The third kappa shape index (κ3) is 3.10. The summed E-state index contributed by atoms with van der Waals surface area (Å²) >= 11 is 0. The predicted octanol–water partition coefficient (Wildman–Crippen LogP) is -6.30. The van der Waals surface area contributed by atoms with Crippen molar-refractivity contribution in [2.45, 2.75) is 36.0 Å². The number of rotatable bonds is 4. The number of benzene rings is 1. The van der Waals surface area contributed by atoms with Crippen LogP contribution in [0.5, 0.6) is 0 Å². The Labute approximate surface area is 211 Å². The van der Waals surface area contributed by atoms with Crippen LogP contribution in [0, 0.1) is 0 Å². The van der Waals surface area contributed by atoms with Gasteiger partial charge in [-0.05, 0) is 18.1 Å². The number of imide groups is 1. The number of aliphatic hydroxyl groups is 2. The first-order chi connectivity index (χ1) is 17.5. The molecule has 1 aromatic rings. The summed E-state index contributed by atoms with van der Waals surface area (Å²) in [4.78, 5) is 43.6. The second kappa shape index (κ2) is 7.69. The Morgan fingerprint density at radius 2 is 2.11 bits per heavy atom. The molecule has 0 radical (unpaired) electrons. The van der Waals surface area contributed by atoms with E-state index in [2.05, 4.69) is 26.3 Å². The van der Waals surface area contributed by atoms with Crippen LogP contribution in [0.4, 0.5) is 10.5 Å². The second-order valence-corrected chi connectivity index (χ2v) is 10.1. The van der Waals surface area contributed by atoms with Gasteiger partial charge < -0.3 is 25.7 Å². The van der Waals surface area contributed by atoms with E-state index in [4.69, 9.17) is 11.5 Å². The number of guanidine groups is 2. The molecule has 15 heteroatoms. The lowest BCUT2D eigenvalue weighted by Crippen LogP contribution is -2.92. The second-order valence-electron chi connectivity index (χ2n) is 10.1. The predicted molar refractivity (Wildman–Crippen MR) is 128 cm³/mol. The molecule has 5 aliphatic rings. The van der Waals surface area contributed by atoms with E-state index in [-0.39, 0.29) is 37.5 Å². The molecule has 2 fully saturated rings. The molecule has 4 amide bonds. The molecule has 1 aromatic carbocycles. The van der Waals surface area contributed by atoms with E-state index in [1.807, 2.05) is 6.07 Å². The third-order valence-corrected chi connectivity index (χ3v) is 7.96. The molecule has 5 aliphatic heterocycles. The van der Waals surface area contributed by atoms with E-state index in [0.717, 1.165) is 22.6 Å². The van der Waals surface area contributed by atoms with Crippen LogP contribution < -0.4 is 37.7 Å². The van der Waals surface area contributed by atoms with E-state index < -0.39 is 41.5 Å². The standard InChI is InChI=1S/C22H28N10O5/c1-30-9-14(33)31(20(30)35)7-12-16-21(29-18(23)28-16)22(36,37)13(8-32(21)19(24)26-12)27-17(34)11-4-2-3-10-5-6-25-15(10)11/h2-4,12-13,16,36-37H,5-9H2,1H3,(H7,23,24,25,26,27,28,29,34)/p+2/t12-,13?,16-,21-/m0/s1. The summed E-state index contributed by atoms with van der Waals surface area (Å²) in [6, 6.07) is 2.16. The Kier molecular flexibility index (Phi) is 4.84. The van der Waals surface area contributed by atoms with E-state index in [1.165, 1.54) is 16.5 Å². The fourth-order valence-electron chi connectivity index (χ4n) is 6.20. The number of nitrogens with one attached hydrogen (secondary N) is 5. The molecule has 1 spiro atoms. The van der Waals surface area contributed by atoms with Gasteiger partial charge in [0, 0.05) is 13.6 Å². The van der Waals surface area contributed by atoms with Crippen molar-refractivity contribution in [2.24, 2.45) is 11.5 Å². The van der Waals surface area contributed by atoms with Crippen molar-refractivity contribution in [1.29, 1.82) is 0 Å². The van der Waals surface area contributed by atoms with Crippen LogP contribution in [0.3, 0.4) is 0 Å². The summed E-state index contributed by atoms with van der Waals surface area (Å²) in [5, 5.41) is 35.2. The Balaban J connectivity index is 1.32. The van der Waals surface area contributed by atoms with E-state index in [9.17, 15) is 24.6 Å². The normalized spacial score (nSPS) is 31.3. The van der Waals surface area contributed by atoms with Gasteiger partial charge in [0.25, 0.3) is 17.4 Å². The van der Waals surface area contributed by atoms with Crippen LogP contribution in [0.1, 0.15) is 15.9 Å². The van der Waals surface area contributed by atoms with Crippen LogP contribution in [-0.2, 0) is 11.2 Å². The number of hydrogen-bond acceptors (Lipinski definition) is 10. The molecule has 37 heavy (non-hydrogen) atoms. The molecule has 0 aromatic heterocycles. The molecule has 196 valence electrons. The molecule has 0 aliphatic carbocycles. The van der Waals surface area contributed by atoms with Gasteiger partial charge in [-0.1, -0.05) is 12.1 Å². The number of para-hydroxylation sites is 1. The SMILES string of the molecule is CN1CC(=O)N(C[C@@H]2NC(N)=[N+]3CC(NC(=O)c4cccc5c4NCC5)C(O)(O)[C@@]34NC(N)=[NH+][C@@H]24)C1=O. The minimum atomic E-state index is -2.58. The van der Waals surface area contributed by atoms with Gasteiger partial charge in [-0.15, -0.1) is 0 Å². The van der Waals surface area contributed by atoms with Crippen molar-refractivity contribution in [3.63, 3.8) is 0 Å². The minimum Gasteiger partial charge on any atom is -0.384 e. The van der Waals surface area contributed by atoms with Gasteiger partial charge in [-0.2, -0.15) is 0 Å². The van der Waals surface area contributed by atoms with Gasteiger partial charge in [-0.3, -0.25) is 36.3 Å². The zero-order valence-electron chi connectivity index (χ0n) is 20.1. The maximum atomic E-state index is 13.3. The first-order valence-corrected chi connectivity index (χ1v) is 12.0. The summed E-state index contributed by atoms with van der Waals surface area (Å²) in [5.74, 6) is -3.31. The molecule has 11 N–H and O–H groups in total. The lowest BCUT2D eigenvalue weighted by atomic mass is 9.85. The zero-order chi connectivity index (χ0) is 26.3. The third-order valence-electron chi connectivity index (χ3n) is 7.96. The molecular formula is C22H30N10O5+2. The largest absolute Gasteiger partial charge is 0.384 e. The summed E-state index contributed by atoms with van der Waals surface area (Å²) in [6.45, 7) is 0.505. The topological polar surface area (TPSA) is 215 Å².